The second-order valence-electron chi connectivity index (χ2n) is 12.5. The van der Waals surface area contributed by atoms with Gasteiger partial charge in [-0.2, -0.15) is 5.10 Å². The van der Waals surface area contributed by atoms with Gasteiger partial charge in [-0.05, 0) is 54.1 Å². The van der Waals surface area contributed by atoms with E-state index in [4.69, 9.17) is 20.6 Å². The summed E-state index contributed by atoms with van der Waals surface area (Å²) in [6, 6.07) is 17.0. The summed E-state index contributed by atoms with van der Waals surface area (Å²) in [4.78, 5) is 10.3. The third-order valence-corrected chi connectivity index (χ3v) is 11.1. The van der Waals surface area contributed by atoms with Crippen molar-refractivity contribution in [2.45, 2.75) is 64.1 Å². The Morgan fingerprint density at radius 2 is 1.85 bits per heavy atom. The van der Waals surface area contributed by atoms with Crippen LogP contribution in [-0.2, 0) is 11.5 Å². The van der Waals surface area contributed by atoms with E-state index in [2.05, 4.69) is 77.9 Å². The van der Waals surface area contributed by atoms with Crippen LogP contribution < -0.4 is 5.73 Å². The Kier molecular flexibility index (Phi) is 6.68. The summed E-state index contributed by atoms with van der Waals surface area (Å²) >= 11 is 1.82. The molecule has 2 N–H and O–H groups in total. The Balaban J connectivity index is 1.38. The highest BCUT2D eigenvalue weighted by Gasteiger charge is 2.23. The summed E-state index contributed by atoms with van der Waals surface area (Å²) in [6.07, 6.45) is 11.0. The fourth-order valence-corrected chi connectivity index (χ4v) is 7.90. The van der Waals surface area contributed by atoms with Crippen molar-refractivity contribution in [1.82, 2.24) is 24.3 Å². The minimum atomic E-state index is -1.17. The summed E-state index contributed by atoms with van der Waals surface area (Å²) in [5, 5.41) is 7.15. The second kappa shape index (κ2) is 10.4. The van der Waals surface area contributed by atoms with Crippen molar-refractivity contribution >= 4 is 57.4 Å². The topological polar surface area (TPSA) is 83.8 Å². The van der Waals surface area contributed by atoms with E-state index in [1.165, 1.54) is 40.6 Å². The molecule has 0 unspecified atom stereocenters. The standard InChI is InChI=1S/C32H36N6OSSi/c1-41(2,3)13-12-39-20-38-31-23(17-35-38)14-22(15-25(31)29-16-21-8-4-7-11-28(21)40-29)26-19-37(24-9-5-6-10-24)27-18-34-32(33)36-30(26)27/h4,7-8,11,14-19,24H,5-6,9-10,12-13,20H2,1-3H3,(H2,33,34,36). The first-order valence-electron chi connectivity index (χ1n) is 14.5. The van der Waals surface area contributed by atoms with Gasteiger partial charge in [0, 0.05) is 53.0 Å². The van der Waals surface area contributed by atoms with Gasteiger partial charge < -0.3 is 15.0 Å². The largest absolute Gasteiger partial charge is 0.368 e. The number of anilines is 1. The lowest BCUT2D eigenvalue weighted by Crippen LogP contribution is -2.22. The van der Waals surface area contributed by atoms with Crippen molar-refractivity contribution in [2.75, 3.05) is 12.3 Å². The molecular formula is C32H36N6OSSi. The molecule has 1 fully saturated rings. The molecule has 0 amide bonds. The monoisotopic (exact) mass is 580 g/mol. The van der Waals surface area contributed by atoms with E-state index >= 15 is 0 Å². The number of thiophene rings is 1. The molecule has 2 aromatic carbocycles. The highest BCUT2D eigenvalue weighted by atomic mass is 32.1. The Morgan fingerprint density at radius 1 is 1.02 bits per heavy atom. The average molecular weight is 581 g/mol. The van der Waals surface area contributed by atoms with Gasteiger partial charge >= 0.3 is 0 Å². The summed E-state index contributed by atoms with van der Waals surface area (Å²) in [7, 11) is -1.17. The van der Waals surface area contributed by atoms with Gasteiger partial charge in [0.2, 0.25) is 5.95 Å². The van der Waals surface area contributed by atoms with Crippen LogP contribution in [0.4, 0.5) is 5.95 Å². The number of fused-ring (bicyclic) bond motifs is 3. The number of aromatic nitrogens is 5. The highest BCUT2D eigenvalue weighted by molar-refractivity contribution is 7.22. The van der Waals surface area contributed by atoms with Crippen LogP contribution in [0.3, 0.4) is 0 Å². The third-order valence-electron chi connectivity index (χ3n) is 8.25. The van der Waals surface area contributed by atoms with E-state index in [9.17, 15) is 0 Å². The number of benzene rings is 2. The van der Waals surface area contributed by atoms with Crippen LogP contribution in [0.15, 0.2) is 61.1 Å². The van der Waals surface area contributed by atoms with E-state index in [1.54, 1.807) is 0 Å². The Bertz CT molecular complexity index is 1840. The minimum Gasteiger partial charge on any atom is -0.368 e. The van der Waals surface area contributed by atoms with E-state index in [-0.39, 0.29) is 0 Å². The third kappa shape index (κ3) is 5.07. The lowest BCUT2D eigenvalue weighted by Gasteiger charge is -2.16. The van der Waals surface area contributed by atoms with Gasteiger partial charge in [-0.15, -0.1) is 11.3 Å². The molecule has 0 atom stereocenters. The molecule has 41 heavy (non-hydrogen) atoms. The van der Waals surface area contributed by atoms with Crippen molar-refractivity contribution in [1.29, 1.82) is 0 Å². The molecule has 0 saturated heterocycles. The average Bonchev–Trinajstić information content (AvgIpc) is 3.74. The molecule has 4 aromatic heterocycles. The number of hydrogen-bond acceptors (Lipinski definition) is 6. The van der Waals surface area contributed by atoms with Crippen molar-refractivity contribution in [3.63, 3.8) is 0 Å². The molecule has 1 aliphatic rings. The number of hydrogen-bond donors (Lipinski definition) is 1. The van der Waals surface area contributed by atoms with E-state index < -0.39 is 8.07 Å². The quantitative estimate of drug-likeness (QED) is 0.144. The fraction of sp³-hybridized carbons (Fsp3) is 0.344. The van der Waals surface area contributed by atoms with Gasteiger partial charge in [0.05, 0.1) is 23.4 Å². The molecular weight excluding hydrogens is 545 g/mol. The lowest BCUT2D eigenvalue weighted by atomic mass is 10.0. The summed E-state index contributed by atoms with van der Waals surface area (Å²) in [5.74, 6) is 0.303. The van der Waals surface area contributed by atoms with Crippen molar-refractivity contribution in [2.24, 2.45) is 0 Å². The van der Waals surface area contributed by atoms with Gasteiger partial charge in [-0.3, -0.25) is 0 Å². The number of rotatable bonds is 8. The maximum Gasteiger partial charge on any atom is 0.220 e. The molecule has 7 nitrogen and oxygen atoms in total. The molecule has 0 bridgehead atoms. The number of nitrogens with zero attached hydrogens (tertiary/aromatic N) is 5. The van der Waals surface area contributed by atoms with Crippen LogP contribution in [0, 0.1) is 0 Å². The molecule has 9 heteroatoms. The predicted octanol–water partition coefficient (Wildman–Crippen LogP) is 8.34. The zero-order valence-corrected chi connectivity index (χ0v) is 25.7. The van der Waals surface area contributed by atoms with Crippen LogP contribution in [0.1, 0.15) is 31.7 Å². The van der Waals surface area contributed by atoms with Gasteiger partial charge in [-0.1, -0.05) is 50.7 Å². The summed E-state index contributed by atoms with van der Waals surface area (Å²) in [5.41, 5.74) is 12.5. The molecule has 4 heterocycles. The zero-order valence-electron chi connectivity index (χ0n) is 23.9. The van der Waals surface area contributed by atoms with Gasteiger partial charge in [0.25, 0.3) is 0 Å². The maximum atomic E-state index is 6.16. The molecule has 0 radical (unpaired) electrons. The fourth-order valence-electron chi connectivity index (χ4n) is 6.06. The molecule has 0 aliphatic heterocycles. The lowest BCUT2D eigenvalue weighted by molar-refractivity contribution is 0.0817. The maximum absolute atomic E-state index is 6.16. The van der Waals surface area contributed by atoms with Gasteiger partial charge in [0.1, 0.15) is 12.2 Å². The summed E-state index contributed by atoms with van der Waals surface area (Å²) in [6.45, 7) is 8.33. The minimum absolute atomic E-state index is 0.303. The van der Waals surface area contributed by atoms with Crippen molar-refractivity contribution < 1.29 is 4.74 Å². The first-order valence-corrected chi connectivity index (χ1v) is 19.1. The Labute approximate surface area is 245 Å². The van der Waals surface area contributed by atoms with Gasteiger partial charge in [-0.25, -0.2) is 14.6 Å². The Hall–Kier alpha value is -3.53. The van der Waals surface area contributed by atoms with Crippen LogP contribution in [0.2, 0.25) is 25.7 Å². The van der Waals surface area contributed by atoms with Crippen LogP contribution >= 0.6 is 11.3 Å². The highest BCUT2D eigenvalue weighted by Crippen LogP contribution is 2.42. The molecule has 0 spiro atoms. The van der Waals surface area contributed by atoms with Crippen LogP contribution in [-0.4, -0.2) is 39.0 Å². The van der Waals surface area contributed by atoms with E-state index in [1.807, 2.05) is 28.4 Å². The van der Waals surface area contributed by atoms with Crippen LogP contribution in [0.25, 0.3) is 53.6 Å². The number of nitrogens with two attached hydrogens (primary N) is 1. The van der Waals surface area contributed by atoms with Crippen molar-refractivity contribution in [3.8, 4) is 21.6 Å². The first-order chi connectivity index (χ1) is 19.8. The second-order valence-corrected chi connectivity index (χ2v) is 19.2. The summed E-state index contributed by atoms with van der Waals surface area (Å²) < 4.78 is 11.8. The normalized spacial score (nSPS) is 14.7. The Morgan fingerprint density at radius 3 is 2.66 bits per heavy atom. The molecule has 210 valence electrons. The van der Waals surface area contributed by atoms with Crippen molar-refractivity contribution in [3.05, 3.63) is 61.1 Å². The molecule has 6 aromatic rings. The zero-order chi connectivity index (χ0) is 28.1. The van der Waals surface area contributed by atoms with Gasteiger partial charge in [0.15, 0.2) is 0 Å². The smallest absolute Gasteiger partial charge is 0.220 e. The molecule has 1 aliphatic carbocycles. The van der Waals surface area contributed by atoms with E-state index in [0.29, 0.717) is 18.7 Å². The first kappa shape index (κ1) is 26.4. The molecule has 1 saturated carbocycles. The predicted molar refractivity (Wildman–Crippen MR) is 173 cm³/mol. The van der Waals surface area contributed by atoms with E-state index in [0.717, 1.165) is 51.3 Å². The number of ether oxygens (including phenoxy) is 1. The molecule has 7 rings (SSSR count). The SMILES string of the molecule is C[Si](C)(C)CCOCn1ncc2cc(-c3cn(C4CCCC4)c4cnc(N)nc34)cc(-c3cc4ccccc4s3)c21. The van der Waals surface area contributed by atoms with Crippen LogP contribution in [0.5, 0.6) is 0 Å². The number of nitrogen functional groups attached to an aromatic ring is 1.